The molecule has 0 aliphatic heterocycles. The van der Waals surface area contributed by atoms with Crippen LogP contribution >= 0.6 is 0 Å². The Kier molecular flexibility index (Phi) is 5.23. The maximum atomic E-state index is 13.0. The number of para-hydroxylation sites is 2. The number of rotatable bonds is 5. The van der Waals surface area contributed by atoms with Gasteiger partial charge in [-0.3, -0.25) is 4.72 Å². The summed E-state index contributed by atoms with van der Waals surface area (Å²) < 4.78 is 34.3. The monoisotopic (exact) mass is 347 g/mol. The molecule has 0 saturated carbocycles. The lowest BCUT2D eigenvalue weighted by Crippen LogP contribution is -2.18. The molecule has 2 aromatic rings. The Morgan fingerprint density at radius 1 is 0.875 bits per heavy atom. The topological polar surface area (TPSA) is 55.4 Å². The molecular weight excluding hydrogens is 322 g/mol. The normalized spacial score (nSPS) is 11.4. The van der Waals surface area contributed by atoms with Gasteiger partial charge in [0.25, 0.3) is 10.0 Å². The van der Waals surface area contributed by atoms with E-state index in [-0.39, 0.29) is 0 Å². The Hall–Kier alpha value is -2.01. The van der Waals surface area contributed by atoms with Gasteiger partial charge in [0.05, 0.1) is 17.2 Å². The third-order valence-electron chi connectivity index (χ3n) is 4.63. The van der Waals surface area contributed by atoms with Crippen LogP contribution in [0, 0.1) is 34.6 Å². The van der Waals surface area contributed by atoms with E-state index < -0.39 is 10.0 Å². The minimum Gasteiger partial charge on any atom is -0.492 e. The van der Waals surface area contributed by atoms with Crippen molar-refractivity contribution >= 4 is 15.7 Å². The second kappa shape index (κ2) is 6.85. The predicted octanol–water partition coefficient (Wildman–Crippen LogP) is 4.43. The molecule has 2 rings (SSSR count). The fraction of sp³-hybridized carbons (Fsp3) is 0.368. The molecule has 0 spiro atoms. The Balaban J connectivity index is 2.58. The van der Waals surface area contributed by atoms with Crippen LogP contribution in [0.1, 0.15) is 34.7 Å². The minimum atomic E-state index is -3.71. The second-order valence-corrected chi connectivity index (χ2v) is 7.61. The van der Waals surface area contributed by atoms with Crippen LogP contribution in [-0.2, 0) is 10.0 Å². The molecule has 24 heavy (non-hydrogen) atoms. The van der Waals surface area contributed by atoms with E-state index in [9.17, 15) is 8.42 Å². The van der Waals surface area contributed by atoms with E-state index in [4.69, 9.17) is 4.74 Å². The first-order chi connectivity index (χ1) is 11.2. The lowest BCUT2D eigenvalue weighted by molar-refractivity contribution is 0.342. The van der Waals surface area contributed by atoms with Crippen molar-refractivity contribution < 1.29 is 13.2 Å². The Labute approximate surface area is 144 Å². The highest BCUT2D eigenvalue weighted by molar-refractivity contribution is 7.92. The van der Waals surface area contributed by atoms with Crippen LogP contribution in [0.25, 0.3) is 0 Å². The molecule has 0 amide bonds. The molecule has 0 aliphatic rings. The van der Waals surface area contributed by atoms with Crippen LogP contribution in [0.4, 0.5) is 5.69 Å². The van der Waals surface area contributed by atoms with Gasteiger partial charge in [-0.2, -0.15) is 0 Å². The molecule has 4 nitrogen and oxygen atoms in total. The van der Waals surface area contributed by atoms with Gasteiger partial charge in [-0.25, -0.2) is 8.42 Å². The van der Waals surface area contributed by atoms with E-state index in [2.05, 4.69) is 4.72 Å². The lowest BCUT2D eigenvalue weighted by atomic mass is 9.95. The molecule has 0 radical (unpaired) electrons. The molecular formula is C19H25NO3S. The fourth-order valence-electron chi connectivity index (χ4n) is 2.90. The zero-order chi connectivity index (χ0) is 18.1. The van der Waals surface area contributed by atoms with Crippen LogP contribution in [-0.4, -0.2) is 15.0 Å². The van der Waals surface area contributed by atoms with Crippen molar-refractivity contribution in [3.63, 3.8) is 0 Å². The zero-order valence-electron chi connectivity index (χ0n) is 15.1. The smallest absolute Gasteiger partial charge is 0.262 e. The molecule has 1 N–H and O–H groups in total. The van der Waals surface area contributed by atoms with E-state index >= 15 is 0 Å². The summed E-state index contributed by atoms with van der Waals surface area (Å²) in [5, 5.41) is 0. The summed E-state index contributed by atoms with van der Waals surface area (Å²) in [5.41, 5.74) is 5.19. The highest BCUT2D eigenvalue weighted by Crippen LogP contribution is 2.32. The quantitative estimate of drug-likeness (QED) is 0.870. The minimum absolute atomic E-state index is 0.356. The van der Waals surface area contributed by atoms with Crippen molar-refractivity contribution in [1.82, 2.24) is 0 Å². The number of nitrogens with one attached hydrogen (secondary N) is 1. The molecule has 0 heterocycles. The van der Waals surface area contributed by atoms with Gasteiger partial charge >= 0.3 is 0 Å². The number of anilines is 1. The number of ether oxygens (including phenoxy) is 1. The predicted molar refractivity (Wildman–Crippen MR) is 98.5 cm³/mol. The summed E-state index contributed by atoms with van der Waals surface area (Å²) >= 11 is 0. The molecule has 0 saturated heterocycles. The maximum absolute atomic E-state index is 13.0. The van der Waals surface area contributed by atoms with Crippen LogP contribution in [0.5, 0.6) is 5.75 Å². The van der Waals surface area contributed by atoms with E-state index in [1.165, 1.54) is 0 Å². The van der Waals surface area contributed by atoms with Gasteiger partial charge in [-0.15, -0.1) is 0 Å². The summed E-state index contributed by atoms with van der Waals surface area (Å²) in [6.45, 7) is 12.0. The number of hydrogen-bond acceptors (Lipinski definition) is 3. The summed E-state index contributed by atoms with van der Waals surface area (Å²) in [7, 11) is -3.71. The van der Waals surface area contributed by atoms with Crippen LogP contribution < -0.4 is 9.46 Å². The SMILES string of the molecule is CCOc1ccccc1NS(=O)(=O)c1c(C)c(C)c(C)c(C)c1C. The number of sulfonamides is 1. The van der Waals surface area contributed by atoms with Crippen molar-refractivity contribution in [2.45, 2.75) is 46.4 Å². The first-order valence-corrected chi connectivity index (χ1v) is 9.50. The van der Waals surface area contributed by atoms with Crippen LogP contribution in [0.15, 0.2) is 29.2 Å². The Morgan fingerprint density at radius 2 is 1.38 bits per heavy atom. The molecule has 0 aromatic heterocycles. The van der Waals surface area contributed by atoms with E-state index in [1.54, 1.807) is 18.2 Å². The standard InChI is InChI=1S/C19H25NO3S/c1-7-23-18-11-9-8-10-17(18)20-24(21,22)19-15(5)13(3)12(2)14(4)16(19)6/h8-11,20H,7H2,1-6H3. The fourth-order valence-corrected chi connectivity index (χ4v) is 4.57. The molecule has 2 aromatic carbocycles. The van der Waals surface area contributed by atoms with Crippen molar-refractivity contribution in [3.8, 4) is 5.75 Å². The van der Waals surface area contributed by atoms with Gasteiger partial charge in [-0.05, 0) is 81.5 Å². The van der Waals surface area contributed by atoms with Gasteiger partial charge in [0.1, 0.15) is 5.75 Å². The van der Waals surface area contributed by atoms with E-state index in [1.807, 2.05) is 47.6 Å². The van der Waals surface area contributed by atoms with E-state index in [0.29, 0.717) is 22.9 Å². The number of benzene rings is 2. The molecule has 0 bridgehead atoms. The average Bonchev–Trinajstić information content (AvgIpc) is 2.53. The average molecular weight is 347 g/mol. The molecule has 0 atom stereocenters. The Morgan fingerprint density at radius 3 is 1.92 bits per heavy atom. The van der Waals surface area contributed by atoms with Crippen molar-refractivity contribution in [2.24, 2.45) is 0 Å². The summed E-state index contributed by atoms with van der Waals surface area (Å²) in [6, 6.07) is 7.07. The third-order valence-corrected chi connectivity index (χ3v) is 6.27. The van der Waals surface area contributed by atoms with Crippen molar-refractivity contribution in [1.29, 1.82) is 0 Å². The summed E-state index contributed by atoms with van der Waals surface area (Å²) in [5.74, 6) is 0.527. The maximum Gasteiger partial charge on any atom is 0.262 e. The molecule has 0 unspecified atom stereocenters. The molecule has 0 aliphatic carbocycles. The lowest BCUT2D eigenvalue weighted by Gasteiger charge is -2.20. The molecule has 130 valence electrons. The van der Waals surface area contributed by atoms with Gasteiger partial charge in [-0.1, -0.05) is 12.1 Å². The Bertz CT molecular complexity index is 841. The van der Waals surface area contributed by atoms with Crippen molar-refractivity contribution in [3.05, 3.63) is 52.1 Å². The van der Waals surface area contributed by atoms with Gasteiger partial charge in [0.2, 0.25) is 0 Å². The number of hydrogen-bond donors (Lipinski definition) is 1. The van der Waals surface area contributed by atoms with Gasteiger partial charge in [0, 0.05) is 0 Å². The largest absolute Gasteiger partial charge is 0.492 e. The van der Waals surface area contributed by atoms with Gasteiger partial charge < -0.3 is 4.74 Å². The highest BCUT2D eigenvalue weighted by Gasteiger charge is 2.24. The third kappa shape index (κ3) is 3.26. The highest BCUT2D eigenvalue weighted by atomic mass is 32.2. The summed E-state index contributed by atoms with van der Waals surface area (Å²) in [4.78, 5) is 0.356. The van der Waals surface area contributed by atoms with Crippen LogP contribution in [0.2, 0.25) is 0 Å². The first kappa shape index (κ1) is 18.3. The van der Waals surface area contributed by atoms with E-state index in [0.717, 1.165) is 27.8 Å². The van der Waals surface area contributed by atoms with Crippen LogP contribution in [0.3, 0.4) is 0 Å². The van der Waals surface area contributed by atoms with Crippen molar-refractivity contribution in [2.75, 3.05) is 11.3 Å². The zero-order valence-corrected chi connectivity index (χ0v) is 16.0. The summed E-state index contributed by atoms with van der Waals surface area (Å²) in [6.07, 6.45) is 0. The van der Waals surface area contributed by atoms with Gasteiger partial charge in [0.15, 0.2) is 0 Å². The molecule has 0 fully saturated rings. The molecule has 5 heteroatoms. The first-order valence-electron chi connectivity index (χ1n) is 8.02. The second-order valence-electron chi connectivity index (χ2n) is 5.99.